The van der Waals surface area contributed by atoms with Gasteiger partial charge in [0.25, 0.3) is 0 Å². The van der Waals surface area contributed by atoms with Gasteiger partial charge in [-0.15, -0.1) is 0 Å². The molecule has 0 amide bonds. The summed E-state index contributed by atoms with van der Waals surface area (Å²) in [6.45, 7) is 6.56. The van der Waals surface area contributed by atoms with Gasteiger partial charge in [-0.1, -0.05) is 18.6 Å². The number of nitrogens with zero attached hydrogens (tertiary/aromatic N) is 2. The summed E-state index contributed by atoms with van der Waals surface area (Å²) in [5.41, 5.74) is 3.04. The molecule has 146 valence electrons. The molecular formula is C24H40N2. The Labute approximate surface area is 161 Å². The molecule has 1 heterocycles. The second kappa shape index (κ2) is 5.83. The molecule has 0 aromatic heterocycles. The van der Waals surface area contributed by atoms with Crippen molar-refractivity contribution in [3.8, 4) is 0 Å². The molecule has 0 unspecified atom stereocenters. The molecule has 4 fully saturated rings. The van der Waals surface area contributed by atoms with Gasteiger partial charge in [-0.05, 0) is 114 Å². The number of hydrogen-bond acceptors (Lipinski definition) is 2. The number of rotatable bonds is 1. The van der Waals surface area contributed by atoms with E-state index in [0.717, 1.165) is 35.8 Å². The molecule has 8 atom stereocenters. The van der Waals surface area contributed by atoms with Crippen molar-refractivity contribution in [2.75, 3.05) is 27.7 Å². The molecule has 1 aliphatic heterocycles. The Bertz CT molecular complexity index is 609. The van der Waals surface area contributed by atoms with Crippen LogP contribution in [0, 0.1) is 34.5 Å². The van der Waals surface area contributed by atoms with Crippen molar-refractivity contribution in [3.05, 3.63) is 11.6 Å². The van der Waals surface area contributed by atoms with Gasteiger partial charge < -0.3 is 9.80 Å². The van der Waals surface area contributed by atoms with Crippen LogP contribution in [0.5, 0.6) is 0 Å². The zero-order chi connectivity index (χ0) is 18.3. The first-order valence-corrected chi connectivity index (χ1v) is 11.4. The minimum Gasteiger partial charge on any atom is -0.306 e. The standard InChI is InChI=1S/C24H40N2/c1-16-20-8-9-22-19-7-6-17-14-18(25(3)4)10-12-23(17,2)21(19)11-13-24(20,22)15-26(16)5/h6,16,18-22H,7-15H2,1-5H3/t16-,18-,19+,20+,21-,22-,23-,24-/m1/s1. The third kappa shape index (κ3) is 2.18. The minimum atomic E-state index is 0.519. The van der Waals surface area contributed by atoms with Gasteiger partial charge >= 0.3 is 0 Å². The van der Waals surface area contributed by atoms with Crippen LogP contribution in [0.2, 0.25) is 0 Å². The summed E-state index contributed by atoms with van der Waals surface area (Å²) in [5.74, 6) is 3.96. The molecular weight excluding hydrogens is 316 g/mol. The van der Waals surface area contributed by atoms with E-state index in [1.165, 1.54) is 57.9 Å². The van der Waals surface area contributed by atoms with Gasteiger partial charge in [0.05, 0.1) is 0 Å². The Morgan fingerprint density at radius 1 is 1.04 bits per heavy atom. The molecule has 0 bridgehead atoms. The van der Waals surface area contributed by atoms with Crippen LogP contribution in [0.4, 0.5) is 0 Å². The van der Waals surface area contributed by atoms with Gasteiger partial charge in [0.1, 0.15) is 0 Å². The first-order chi connectivity index (χ1) is 12.4. The highest BCUT2D eigenvalue weighted by molar-refractivity contribution is 5.26. The molecule has 1 saturated heterocycles. The van der Waals surface area contributed by atoms with E-state index in [-0.39, 0.29) is 0 Å². The Kier molecular flexibility index (Phi) is 3.98. The molecule has 5 aliphatic rings. The van der Waals surface area contributed by atoms with E-state index in [0.29, 0.717) is 10.8 Å². The molecule has 2 nitrogen and oxygen atoms in total. The van der Waals surface area contributed by atoms with Crippen molar-refractivity contribution < 1.29 is 0 Å². The molecule has 0 aromatic carbocycles. The number of fused-ring (bicyclic) bond motifs is 4. The van der Waals surface area contributed by atoms with E-state index in [9.17, 15) is 0 Å². The number of hydrogen-bond donors (Lipinski definition) is 0. The summed E-state index contributed by atoms with van der Waals surface area (Å²) in [6, 6.07) is 1.60. The molecule has 2 heteroatoms. The SMILES string of the molecule is C[C@@H]1[C@@H]2CC[C@@H]3[C@H]4CC=C5C[C@H](N(C)C)CC[C@@]5(C)[C@@H]4CC[C@]32CN1C. The van der Waals surface area contributed by atoms with E-state index >= 15 is 0 Å². The van der Waals surface area contributed by atoms with E-state index in [1.807, 2.05) is 5.57 Å². The monoisotopic (exact) mass is 356 g/mol. The third-order valence-corrected chi connectivity index (χ3v) is 10.4. The van der Waals surface area contributed by atoms with E-state index in [1.54, 1.807) is 0 Å². The highest BCUT2D eigenvalue weighted by Crippen LogP contribution is 2.68. The highest BCUT2D eigenvalue weighted by Gasteiger charge is 2.63. The Balaban J connectivity index is 1.45. The lowest BCUT2D eigenvalue weighted by Crippen LogP contribution is -2.52. The van der Waals surface area contributed by atoms with Crippen LogP contribution in [-0.2, 0) is 0 Å². The summed E-state index contributed by atoms with van der Waals surface area (Å²) in [7, 11) is 6.95. The molecule has 1 spiro atoms. The first-order valence-electron chi connectivity index (χ1n) is 11.4. The summed E-state index contributed by atoms with van der Waals surface area (Å²) in [5, 5.41) is 0. The maximum atomic E-state index is 2.74. The van der Waals surface area contributed by atoms with Crippen molar-refractivity contribution in [2.45, 2.75) is 77.3 Å². The van der Waals surface area contributed by atoms with Crippen molar-refractivity contribution >= 4 is 0 Å². The summed E-state index contributed by atoms with van der Waals surface area (Å²) < 4.78 is 0. The van der Waals surface area contributed by atoms with Crippen LogP contribution < -0.4 is 0 Å². The second-order valence-corrected chi connectivity index (χ2v) is 11.2. The smallest absolute Gasteiger partial charge is 0.0127 e. The van der Waals surface area contributed by atoms with Crippen molar-refractivity contribution in [1.82, 2.24) is 9.80 Å². The third-order valence-electron chi connectivity index (χ3n) is 10.4. The predicted molar refractivity (Wildman–Crippen MR) is 109 cm³/mol. The first kappa shape index (κ1) is 17.7. The van der Waals surface area contributed by atoms with Gasteiger partial charge in [-0.3, -0.25) is 0 Å². The summed E-state index contributed by atoms with van der Waals surface area (Å²) in [6.07, 6.45) is 14.4. The maximum Gasteiger partial charge on any atom is 0.0127 e. The molecule has 5 rings (SSSR count). The number of allylic oxidation sites excluding steroid dienone is 1. The minimum absolute atomic E-state index is 0.519. The normalized spacial score (nSPS) is 53.7. The van der Waals surface area contributed by atoms with Crippen LogP contribution >= 0.6 is 0 Å². The molecule has 0 N–H and O–H groups in total. The van der Waals surface area contributed by atoms with E-state index < -0.39 is 0 Å². The van der Waals surface area contributed by atoms with Crippen LogP contribution in [0.15, 0.2) is 11.6 Å². The summed E-state index contributed by atoms with van der Waals surface area (Å²) in [4.78, 5) is 5.17. The average Bonchev–Trinajstić information content (AvgIpc) is 3.08. The van der Waals surface area contributed by atoms with Gasteiger partial charge in [-0.2, -0.15) is 0 Å². The van der Waals surface area contributed by atoms with Gasteiger partial charge in [0, 0.05) is 18.6 Å². The molecule has 0 aromatic rings. The van der Waals surface area contributed by atoms with Gasteiger partial charge in [-0.25, -0.2) is 0 Å². The lowest BCUT2D eigenvalue weighted by molar-refractivity contribution is -0.0430. The molecule has 3 saturated carbocycles. The fourth-order valence-corrected chi connectivity index (χ4v) is 8.88. The largest absolute Gasteiger partial charge is 0.306 e. The molecule has 4 aliphatic carbocycles. The summed E-state index contributed by atoms with van der Waals surface area (Å²) >= 11 is 0. The number of likely N-dealkylation sites (tertiary alicyclic amines) is 1. The quantitative estimate of drug-likeness (QED) is 0.622. The second-order valence-electron chi connectivity index (χ2n) is 11.2. The van der Waals surface area contributed by atoms with Crippen LogP contribution in [0.25, 0.3) is 0 Å². The van der Waals surface area contributed by atoms with Crippen LogP contribution in [-0.4, -0.2) is 49.6 Å². The highest BCUT2D eigenvalue weighted by atomic mass is 15.2. The van der Waals surface area contributed by atoms with Crippen LogP contribution in [0.3, 0.4) is 0 Å². The van der Waals surface area contributed by atoms with Crippen molar-refractivity contribution in [3.63, 3.8) is 0 Å². The Hall–Kier alpha value is -0.340. The lowest BCUT2D eigenvalue weighted by atomic mass is 9.47. The van der Waals surface area contributed by atoms with E-state index in [4.69, 9.17) is 0 Å². The van der Waals surface area contributed by atoms with Crippen LogP contribution in [0.1, 0.15) is 65.2 Å². The van der Waals surface area contributed by atoms with Gasteiger partial charge in [0.2, 0.25) is 0 Å². The Morgan fingerprint density at radius 2 is 1.81 bits per heavy atom. The fraction of sp³-hybridized carbons (Fsp3) is 0.917. The zero-order valence-corrected chi connectivity index (χ0v) is 17.8. The van der Waals surface area contributed by atoms with Gasteiger partial charge in [0.15, 0.2) is 0 Å². The van der Waals surface area contributed by atoms with E-state index in [2.05, 4.69) is 50.9 Å². The Morgan fingerprint density at radius 3 is 2.58 bits per heavy atom. The van der Waals surface area contributed by atoms with Crippen molar-refractivity contribution in [1.29, 1.82) is 0 Å². The maximum absolute atomic E-state index is 2.74. The zero-order valence-electron chi connectivity index (χ0n) is 17.8. The fourth-order valence-electron chi connectivity index (χ4n) is 8.88. The predicted octanol–water partition coefficient (Wildman–Crippen LogP) is 4.81. The molecule has 26 heavy (non-hydrogen) atoms. The topological polar surface area (TPSA) is 6.48 Å². The lowest BCUT2D eigenvalue weighted by Gasteiger charge is -2.58. The molecule has 0 radical (unpaired) electrons. The average molecular weight is 357 g/mol. The van der Waals surface area contributed by atoms with Crippen molar-refractivity contribution in [2.24, 2.45) is 34.5 Å².